The normalized spacial score (nSPS) is 14.1. The first kappa shape index (κ1) is 9.78. The Morgan fingerprint density at radius 2 is 2.36 bits per heavy atom. The maximum absolute atomic E-state index is 11.3. The highest BCUT2D eigenvalue weighted by Gasteiger charge is 2.12. The molecule has 0 aromatic heterocycles. The molecule has 74 valence electrons. The molecule has 0 N–H and O–H groups in total. The highest BCUT2D eigenvalue weighted by Crippen LogP contribution is 2.31. The van der Waals surface area contributed by atoms with Gasteiger partial charge in [0.2, 0.25) is 0 Å². The standard InChI is InChI=1S/C12H14OS/c1-2-11(13)7-9-3-4-10-5-6-14-12(10)8-9/h3-4,8H,2,5-7H2,1H3. The Bertz CT molecular complexity index is 357. The van der Waals surface area contributed by atoms with Gasteiger partial charge in [-0.1, -0.05) is 19.1 Å². The van der Waals surface area contributed by atoms with Crippen LogP contribution in [0, 0.1) is 0 Å². The van der Waals surface area contributed by atoms with Crippen LogP contribution in [0.25, 0.3) is 0 Å². The number of aryl methyl sites for hydroxylation is 1. The second-order valence-corrected chi connectivity index (χ2v) is 4.75. The monoisotopic (exact) mass is 206 g/mol. The first-order chi connectivity index (χ1) is 6.79. The van der Waals surface area contributed by atoms with Crippen LogP contribution in [0.1, 0.15) is 24.5 Å². The lowest BCUT2D eigenvalue weighted by Crippen LogP contribution is -2.00. The SMILES string of the molecule is CCC(=O)Cc1ccc2c(c1)SCC2. The Morgan fingerprint density at radius 3 is 3.14 bits per heavy atom. The molecule has 1 aliphatic heterocycles. The zero-order valence-corrected chi connectivity index (χ0v) is 9.19. The van der Waals surface area contributed by atoms with Crippen molar-refractivity contribution in [2.24, 2.45) is 0 Å². The minimum atomic E-state index is 0.327. The number of ketones is 1. The predicted molar refractivity (Wildman–Crippen MR) is 59.9 cm³/mol. The second-order valence-electron chi connectivity index (χ2n) is 3.61. The zero-order chi connectivity index (χ0) is 9.97. The molecule has 1 nitrogen and oxygen atoms in total. The molecule has 0 fully saturated rings. The average molecular weight is 206 g/mol. The lowest BCUT2D eigenvalue weighted by molar-refractivity contribution is -0.118. The number of Topliss-reactive ketones (excluding diaryl/α,β-unsaturated/α-hetero) is 1. The largest absolute Gasteiger partial charge is 0.299 e. The smallest absolute Gasteiger partial charge is 0.136 e. The Morgan fingerprint density at radius 1 is 1.50 bits per heavy atom. The Hall–Kier alpha value is -0.760. The van der Waals surface area contributed by atoms with E-state index in [4.69, 9.17) is 0 Å². The van der Waals surface area contributed by atoms with Crippen molar-refractivity contribution >= 4 is 17.5 Å². The Balaban J connectivity index is 2.16. The van der Waals surface area contributed by atoms with Gasteiger partial charge in [-0.2, -0.15) is 0 Å². The first-order valence-corrected chi connectivity index (χ1v) is 6.04. The van der Waals surface area contributed by atoms with Crippen molar-refractivity contribution in [2.45, 2.75) is 31.1 Å². The van der Waals surface area contributed by atoms with Crippen molar-refractivity contribution in [3.8, 4) is 0 Å². The molecule has 14 heavy (non-hydrogen) atoms. The molecule has 1 aromatic rings. The zero-order valence-electron chi connectivity index (χ0n) is 8.38. The molecule has 1 aromatic carbocycles. The van der Waals surface area contributed by atoms with E-state index in [2.05, 4.69) is 18.2 Å². The maximum atomic E-state index is 11.3. The van der Waals surface area contributed by atoms with Crippen LogP contribution in [-0.2, 0) is 17.6 Å². The van der Waals surface area contributed by atoms with E-state index in [1.807, 2.05) is 18.7 Å². The summed E-state index contributed by atoms with van der Waals surface area (Å²) in [6.45, 7) is 1.92. The quantitative estimate of drug-likeness (QED) is 0.756. The van der Waals surface area contributed by atoms with E-state index in [0.29, 0.717) is 18.6 Å². The van der Waals surface area contributed by atoms with Gasteiger partial charge in [0.15, 0.2) is 0 Å². The number of carbonyl (C=O) groups excluding carboxylic acids is 1. The van der Waals surface area contributed by atoms with E-state index >= 15 is 0 Å². The molecule has 2 heteroatoms. The van der Waals surface area contributed by atoms with E-state index in [1.54, 1.807) is 0 Å². The summed E-state index contributed by atoms with van der Waals surface area (Å²) in [4.78, 5) is 12.7. The first-order valence-electron chi connectivity index (χ1n) is 5.06. The van der Waals surface area contributed by atoms with E-state index < -0.39 is 0 Å². The molecular formula is C12H14OS. The average Bonchev–Trinajstić information content (AvgIpc) is 2.64. The summed E-state index contributed by atoms with van der Waals surface area (Å²) in [7, 11) is 0. The predicted octanol–water partition coefficient (Wildman–Crippen LogP) is 2.86. The molecule has 0 atom stereocenters. The van der Waals surface area contributed by atoms with Gasteiger partial charge in [0.05, 0.1) is 0 Å². The van der Waals surface area contributed by atoms with Crippen LogP contribution >= 0.6 is 11.8 Å². The van der Waals surface area contributed by atoms with Crippen molar-refractivity contribution in [3.63, 3.8) is 0 Å². The Labute approximate surface area is 88.9 Å². The van der Waals surface area contributed by atoms with E-state index in [0.717, 1.165) is 0 Å². The van der Waals surface area contributed by atoms with Crippen molar-refractivity contribution in [1.82, 2.24) is 0 Å². The summed E-state index contributed by atoms with van der Waals surface area (Å²) < 4.78 is 0. The molecule has 0 radical (unpaired) electrons. The highest BCUT2D eigenvalue weighted by molar-refractivity contribution is 7.99. The topological polar surface area (TPSA) is 17.1 Å². The minimum absolute atomic E-state index is 0.327. The van der Waals surface area contributed by atoms with Crippen molar-refractivity contribution in [1.29, 1.82) is 0 Å². The highest BCUT2D eigenvalue weighted by atomic mass is 32.2. The summed E-state index contributed by atoms with van der Waals surface area (Å²) in [5.41, 5.74) is 2.62. The number of benzene rings is 1. The molecule has 0 aliphatic carbocycles. The van der Waals surface area contributed by atoms with Crippen LogP contribution in [0.2, 0.25) is 0 Å². The maximum Gasteiger partial charge on any atom is 0.136 e. The van der Waals surface area contributed by atoms with Crippen LogP contribution in [-0.4, -0.2) is 11.5 Å². The van der Waals surface area contributed by atoms with Crippen LogP contribution < -0.4 is 0 Å². The van der Waals surface area contributed by atoms with E-state index in [1.165, 1.54) is 28.2 Å². The van der Waals surface area contributed by atoms with Gasteiger partial charge in [0.25, 0.3) is 0 Å². The van der Waals surface area contributed by atoms with Gasteiger partial charge in [-0.05, 0) is 23.6 Å². The fraction of sp³-hybridized carbons (Fsp3) is 0.417. The third-order valence-corrected chi connectivity index (χ3v) is 3.66. The molecule has 0 saturated carbocycles. The lowest BCUT2D eigenvalue weighted by Gasteiger charge is -2.02. The summed E-state index contributed by atoms with van der Waals surface area (Å²) in [5, 5.41) is 0. The molecule has 0 saturated heterocycles. The Kier molecular flexibility index (Phi) is 2.92. The summed E-state index contributed by atoms with van der Waals surface area (Å²) >= 11 is 1.91. The van der Waals surface area contributed by atoms with Gasteiger partial charge in [0.1, 0.15) is 5.78 Å². The number of fused-ring (bicyclic) bond motifs is 1. The van der Waals surface area contributed by atoms with Crippen LogP contribution in [0.3, 0.4) is 0 Å². The summed E-state index contributed by atoms with van der Waals surface area (Å²) in [6.07, 6.45) is 2.43. The minimum Gasteiger partial charge on any atom is -0.299 e. The van der Waals surface area contributed by atoms with Gasteiger partial charge >= 0.3 is 0 Å². The van der Waals surface area contributed by atoms with E-state index in [-0.39, 0.29) is 0 Å². The fourth-order valence-electron chi connectivity index (χ4n) is 1.67. The van der Waals surface area contributed by atoms with Gasteiger partial charge < -0.3 is 0 Å². The van der Waals surface area contributed by atoms with Crippen molar-refractivity contribution < 1.29 is 4.79 Å². The van der Waals surface area contributed by atoms with Gasteiger partial charge in [-0.15, -0.1) is 11.8 Å². The van der Waals surface area contributed by atoms with Crippen LogP contribution in [0.4, 0.5) is 0 Å². The number of thioether (sulfide) groups is 1. The molecule has 2 rings (SSSR count). The molecule has 1 aliphatic rings. The van der Waals surface area contributed by atoms with Gasteiger partial charge in [-0.25, -0.2) is 0 Å². The molecule has 0 bridgehead atoms. The van der Waals surface area contributed by atoms with Gasteiger partial charge in [0, 0.05) is 23.5 Å². The number of carbonyl (C=O) groups is 1. The third-order valence-electron chi connectivity index (χ3n) is 2.56. The summed E-state index contributed by atoms with van der Waals surface area (Å²) in [6, 6.07) is 6.45. The second kappa shape index (κ2) is 4.18. The van der Waals surface area contributed by atoms with Crippen LogP contribution in [0.5, 0.6) is 0 Å². The van der Waals surface area contributed by atoms with Gasteiger partial charge in [-0.3, -0.25) is 4.79 Å². The van der Waals surface area contributed by atoms with E-state index in [9.17, 15) is 4.79 Å². The van der Waals surface area contributed by atoms with Crippen molar-refractivity contribution in [3.05, 3.63) is 29.3 Å². The lowest BCUT2D eigenvalue weighted by atomic mass is 10.0. The molecule has 0 unspecified atom stereocenters. The summed E-state index contributed by atoms with van der Waals surface area (Å²) in [5.74, 6) is 1.52. The molecule has 0 spiro atoms. The van der Waals surface area contributed by atoms with Crippen LogP contribution in [0.15, 0.2) is 23.1 Å². The number of rotatable bonds is 3. The van der Waals surface area contributed by atoms with Crippen molar-refractivity contribution in [2.75, 3.05) is 5.75 Å². The fourth-order valence-corrected chi connectivity index (χ4v) is 2.81. The molecule has 1 heterocycles. The number of hydrogen-bond acceptors (Lipinski definition) is 2. The molecule has 0 amide bonds. The third kappa shape index (κ3) is 2.01. The number of hydrogen-bond donors (Lipinski definition) is 0. The molecular weight excluding hydrogens is 192 g/mol.